The molecule has 0 rings (SSSR count). The second kappa shape index (κ2) is 6.38. The molecule has 1 radical (unpaired) electrons. The Morgan fingerprint density at radius 2 is 1.50 bits per heavy atom. The quantitative estimate of drug-likeness (QED) is 0.296. The smallest absolute Gasteiger partial charge is 0.303 e. The minimum Gasteiger partial charge on any atom is -0.481 e. The summed E-state index contributed by atoms with van der Waals surface area (Å²) < 4.78 is 24.2. The van der Waals surface area contributed by atoms with Crippen LogP contribution in [0.2, 0.25) is 0 Å². The van der Waals surface area contributed by atoms with Crippen molar-refractivity contribution in [2.75, 3.05) is 0 Å². The molecule has 0 bridgehead atoms. The fourth-order valence-corrected chi connectivity index (χ4v) is 0. The average molecular weight is 141 g/mol. The lowest BCUT2D eigenvalue weighted by atomic mass is 10.9. The molecular formula is C2H5O5S. The first kappa shape index (κ1) is 10.4. The van der Waals surface area contributed by atoms with Crippen molar-refractivity contribution in [3.63, 3.8) is 0 Å². The fraction of sp³-hybridized carbons (Fsp3) is 0. The van der Waals surface area contributed by atoms with E-state index in [1.54, 1.807) is 0 Å². The molecule has 0 aliphatic rings. The van der Waals surface area contributed by atoms with Crippen molar-refractivity contribution in [1.82, 2.24) is 0 Å². The molecule has 0 heterocycles. The van der Waals surface area contributed by atoms with Crippen molar-refractivity contribution >= 4 is 17.0 Å². The van der Waals surface area contributed by atoms with E-state index in [0.29, 0.717) is 0 Å². The number of aliphatic carboxylic acids is 1. The van der Waals surface area contributed by atoms with Gasteiger partial charge in [0.25, 0.3) is 11.0 Å². The first-order chi connectivity index (χ1) is 3.46. The van der Waals surface area contributed by atoms with E-state index in [1.807, 2.05) is 0 Å². The van der Waals surface area contributed by atoms with Gasteiger partial charge < -0.3 is 5.11 Å². The zero-order valence-corrected chi connectivity index (χ0v) is 4.67. The van der Waals surface area contributed by atoms with E-state index in [-0.39, 0.29) is 0 Å². The van der Waals surface area contributed by atoms with Gasteiger partial charge >= 0.3 is 5.97 Å². The molecule has 0 saturated heterocycles. The molecule has 5 nitrogen and oxygen atoms in total. The van der Waals surface area contributed by atoms with Gasteiger partial charge in [0.05, 0.1) is 6.92 Å². The fourth-order valence-electron chi connectivity index (χ4n) is 0. The lowest BCUT2D eigenvalue weighted by Crippen LogP contribution is -1.79. The van der Waals surface area contributed by atoms with Crippen molar-refractivity contribution in [2.24, 2.45) is 0 Å². The van der Waals surface area contributed by atoms with E-state index in [4.69, 9.17) is 22.9 Å². The largest absolute Gasteiger partial charge is 0.481 e. The van der Waals surface area contributed by atoms with Gasteiger partial charge in [0.1, 0.15) is 0 Å². The van der Waals surface area contributed by atoms with Gasteiger partial charge in [-0.2, -0.15) is 0 Å². The Kier molecular flexibility index (Phi) is 8.28. The van der Waals surface area contributed by atoms with E-state index in [9.17, 15) is 0 Å². The highest BCUT2D eigenvalue weighted by Crippen LogP contribution is 1.40. The highest BCUT2D eigenvalue weighted by molar-refractivity contribution is 7.66. The molecule has 2 N–H and O–H groups in total. The van der Waals surface area contributed by atoms with Crippen molar-refractivity contribution in [2.45, 2.75) is 0 Å². The van der Waals surface area contributed by atoms with Crippen LogP contribution in [-0.4, -0.2) is 24.0 Å². The van der Waals surface area contributed by atoms with Gasteiger partial charge in [0.2, 0.25) is 0 Å². The highest BCUT2D eigenvalue weighted by Gasteiger charge is 1.66. The monoisotopic (exact) mass is 141 g/mol. The molecule has 0 aliphatic heterocycles. The summed E-state index contributed by atoms with van der Waals surface area (Å²) in [6.45, 7) is 2.56. The second-order valence-electron chi connectivity index (χ2n) is 0.632. The molecular weight excluding hydrogens is 136 g/mol. The van der Waals surface area contributed by atoms with Crippen molar-refractivity contribution in [3.8, 4) is 0 Å². The Hall–Kier alpha value is -0.620. The van der Waals surface area contributed by atoms with Gasteiger partial charge in [-0.15, -0.1) is 0 Å². The van der Waals surface area contributed by atoms with Crippen LogP contribution in [0.15, 0.2) is 0 Å². The number of thiol groups is 1. The van der Waals surface area contributed by atoms with Crippen LogP contribution >= 0.6 is 0 Å². The van der Waals surface area contributed by atoms with Gasteiger partial charge in [0, 0.05) is 0 Å². The summed E-state index contributed by atoms with van der Waals surface area (Å²) in [6.07, 6.45) is 0. The van der Waals surface area contributed by atoms with Gasteiger partial charge in [-0.1, -0.05) is 0 Å². The summed E-state index contributed by atoms with van der Waals surface area (Å²) in [5, 5.41) is 7.31. The summed E-state index contributed by atoms with van der Waals surface area (Å²) in [7, 11) is -3.12. The molecule has 0 spiro atoms. The summed E-state index contributed by atoms with van der Waals surface area (Å²) in [5.41, 5.74) is 0. The Morgan fingerprint density at radius 1 is 1.50 bits per heavy atom. The summed E-state index contributed by atoms with van der Waals surface area (Å²) in [4.78, 5) is 8.89. The Balaban J connectivity index is 0. The number of rotatable bonds is 0. The van der Waals surface area contributed by atoms with Gasteiger partial charge in [-0.25, -0.2) is 8.42 Å². The zero-order chi connectivity index (χ0) is 7.15. The first-order valence-electron chi connectivity index (χ1n) is 1.35. The van der Waals surface area contributed by atoms with Crippen LogP contribution in [-0.2, 0) is 15.8 Å². The van der Waals surface area contributed by atoms with Crippen molar-refractivity contribution < 1.29 is 22.9 Å². The molecule has 0 aliphatic carbocycles. The van der Waals surface area contributed by atoms with Gasteiger partial charge in [-0.3, -0.25) is 9.35 Å². The molecule has 0 aromatic rings. The third-order valence-corrected chi connectivity index (χ3v) is 0. The van der Waals surface area contributed by atoms with E-state index >= 15 is 0 Å². The maximum absolute atomic E-state index is 8.89. The van der Waals surface area contributed by atoms with Crippen LogP contribution in [0.4, 0.5) is 0 Å². The van der Waals surface area contributed by atoms with Gasteiger partial charge in [-0.05, 0) is 0 Å². The van der Waals surface area contributed by atoms with E-state index < -0.39 is 17.0 Å². The van der Waals surface area contributed by atoms with Crippen LogP contribution < -0.4 is 0 Å². The second-order valence-corrected chi connectivity index (χ2v) is 1.11. The number of hydrogen-bond donors (Lipinski definition) is 3. The predicted molar refractivity (Wildman–Crippen MR) is 25.9 cm³/mol. The van der Waals surface area contributed by atoms with E-state index in [1.165, 1.54) is 0 Å². The third-order valence-electron chi connectivity index (χ3n) is 0. The van der Waals surface area contributed by atoms with E-state index in [0.717, 1.165) is 0 Å². The summed E-state index contributed by atoms with van der Waals surface area (Å²) >= 11 is 0. The number of carboxylic acids is 1. The summed E-state index contributed by atoms with van der Waals surface area (Å²) in [5.74, 6) is -1.08. The van der Waals surface area contributed by atoms with Crippen LogP contribution in [0.25, 0.3) is 0 Å². The van der Waals surface area contributed by atoms with Crippen LogP contribution in [0, 0.1) is 6.92 Å². The Morgan fingerprint density at radius 3 is 1.50 bits per heavy atom. The maximum atomic E-state index is 8.89. The number of carboxylic acid groups (broad SMARTS) is 1. The molecule has 8 heavy (non-hydrogen) atoms. The molecule has 0 atom stereocenters. The van der Waals surface area contributed by atoms with Crippen LogP contribution in [0.3, 0.4) is 0 Å². The minimum atomic E-state index is -3.12. The van der Waals surface area contributed by atoms with E-state index in [2.05, 4.69) is 6.92 Å². The lowest BCUT2D eigenvalue weighted by Gasteiger charge is -1.58. The lowest BCUT2D eigenvalue weighted by molar-refractivity contribution is -0.131. The van der Waals surface area contributed by atoms with Crippen LogP contribution in [0.1, 0.15) is 0 Å². The molecule has 6 heteroatoms. The van der Waals surface area contributed by atoms with Crippen molar-refractivity contribution in [1.29, 1.82) is 0 Å². The third kappa shape index (κ3) is 269. The molecule has 0 aromatic heterocycles. The minimum absolute atomic E-state index is 1.08. The Labute approximate surface area is 47.7 Å². The highest BCUT2D eigenvalue weighted by atomic mass is 32.2. The molecule has 0 saturated carbocycles. The molecule has 0 fully saturated rings. The first-order valence-corrected chi connectivity index (χ1v) is 2.48. The molecule has 0 unspecified atom stereocenters. The topological polar surface area (TPSA) is 91.7 Å². The standard InChI is InChI=1S/C2H3O2.H2O3S/c1-2(3)4;1-4(2)3/h1H2,(H,3,4);4H,(H,1,2,3). The van der Waals surface area contributed by atoms with Crippen LogP contribution in [0.5, 0.6) is 0 Å². The normalized spacial score (nSPS) is 7.38. The SMILES string of the molecule is O=[SH](=O)O.[CH2]C(=O)O. The summed E-state index contributed by atoms with van der Waals surface area (Å²) in [6, 6.07) is 0. The zero-order valence-electron chi connectivity index (χ0n) is 3.77. The predicted octanol–water partition coefficient (Wildman–Crippen LogP) is -1.02. The molecule has 0 amide bonds. The average Bonchev–Trinajstić information content (AvgIpc) is 1.25. The molecule has 0 aromatic carbocycles. The Bertz CT molecular complexity index is 112. The number of hydrogen-bond acceptors (Lipinski definition) is 3. The molecule has 49 valence electrons. The maximum Gasteiger partial charge on any atom is 0.303 e. The van der Waals surface area contributed by atoms with Crippen molar-refractivity contribution in [3.05, 3.63) is 6.92 Å². The van der Waals surface area contributed by atoms with Gasteiger partial charge in [0.15, 0.2) is 0 Å². The number of carbonyl (C=O) groups is 1.